The number of fused-ring (bicyclic) bond motifs is 2. The number of anilines is 3. The predicted octanol–water partition coefficient (Wildman–Crippen LogP) is 5.38. The van der Waals surface area contributed by atoms with Crippen LogP contribution in [0.2, 0.25) is 5.02 Å². The lowest BCUT2D eigenvalue weighted by Gasteiger charge is -2.35. The van der Waals surface area contributed by atoms with Gasteiger partial charge in [0.15, 0.2) is 0 Å². The van der Waals surface area contributed by atoms with Gasteiger partial charge in [-0.25, -0.2) is 9.18 Å². The van der Waals surface area contributed by atoms with Crippen molar-refractivity contribution in [3.8, 4) is 0 Å². The van der Waals surface area contributed by atoms with Gasteiger partial charge in [-0.1, -0.05) is 38.4 Å². The van der Waals surface area contributed by atoms with E-state index >= 15 is 4.39 Å². The van der Waals surface area contributed by atoms with E-state index in [2.05, 4.69) is 41.4 Å². The molecular weight excluding hydrogens is 545 g/mol. The van der Waals surface area contributed by atoms with Gasteiger partial charge in [-0.15, -0.1) is 0 Å². The Balaban J connectivity index is 1.23. The van der Waals surface area contributed by atoms with Gasteiger partial charge in [-0.05, 0) is 54.3 Å². The number of piperazine rings is 1. The molecule has 0 atom stereocenters. The number of aromatic nitrogens is 2. The molecule has 5 rings (SSSR count). The Hall–Kier alpha value is -3.63. The molecule has 0 aliphatic carbocycles. The number of benzene rings is 2. The van der Waals surface area contributed by atoms with Crippen molar-refractivity contribution < 1.29 is 14.0 Å². The van der Waals surface area contributed by atoms with E-state index < -0.39 is 11.7 Å². The maximum atomic E-state index is 15.3. The molecule has 218 valence electrons. The summed E-state index contributed by atoms with van der Waals surface area (Å²) >= 11 is 6.23. The van der Waals surface area contributed by atoms with Crippen LogP contribution < -0.4 is 15.5 Å². The smallest absolute Gasteiger partial charge is 0.317 e. The Bertz CT molecular complexity index is 1440. The number of hydrogen-bond donors (Lipinski definition) is 2. The van der Waals surface area contributed by atoms with Crippen LogP contribution in [0.4, 0.5) is 26.4 Å². The molecular formula is C30H37ClFN7O2. The highest BCUT2D eigenvalue weighted by Crippen LogP contribution is 2.38. The van der Waals surface area contributed by atoms with Gasteiger partial charge in [-0.3, -0.25) is 14.4 Å². The van der Waals surface area contributed by atoms with Gasteiger partial charge in [0.05, 0.1) is 29.7 Å². The Morgan fingerprint density at radius 3 is 2.56 bits per heavy atom. The molecule has 2 aliphatic rings. The summed E-state index contributed by atoms with van der Waals surface area (Å²) in [6.45, 7) is 11.1. The molecule has 11 heteroatoms. The second-order valence-electron chi connectivity index (χ2n) is 11.9. The summed E-state index contributed by atoms with van der Waals surface area (Å²) in [5, 5.41) is 11.0. The lowest BCUT2D eigenvalue weighted by atomic mass is 9.92. The third-order valence-corrected chi connectivity index (χ3v) is 7.87. The van der Waals surface area contributed by atoms with E-state index in [0.29, 0.717) is 35.1 Å². The van der Waals surface area contributed by atoms with Gasteiger partial charge in [-0.2, -0.15) is 5.10 Å². The molecule has 2 aromatic carbocycles. The number of aryl methyl sites for hydroxylation is 1. The lowest BCUT2D eigenvalue weighted by Crippen LogP contribution is -2.51. The van der Waals surface area contributed by atoms with Crippen molar-refractivity contribution in [3.05, 3.63) is 70.1 Å². The summed E-state index contributed by atoms with van der Waals surface area (Å²) in [6, 6.07) is 9.47. The maximum Gasteiger partial charge on any atom is 0.317 e. The number of rotatable bonds is 5. The van der Waals surface area contributed by atoms with Crippen LogP contribution in [0.5, 0.6) is 0 Å². The molecule has 9 nitrogen and oxygen atoms in total. The van der Waals surface area contributed by atoms with Gasteiger partial charge in [0.1, 0.15) is 11.6 Å². The third kappa shape index (κ3) is 6.65. The van der Waals surface area contributed by atoms with Crippen molar-refractivity contribution in [2.24, 2.45) is 12.5 Å². The first-order valence-electron chi connectivity index (χ1n) is 13.9. The summed E-state index contributed by atoms with van der Waals surface area (Å²) < 4.78 is 17.0. The molecule has 3 aromatic rings. The third-order valence-electron chi connectivity index (χ3n) is 7.64. The summed E-state index contributed by atoms with van der Waals surface area (Å²) in [5.74, 6) is -0.389. The highest BCUT2D eigenvalue weighted by molar-refractivity contribution is 6.31. The number of nitrogens with zero attached hydrogens (tertiary/aromatic N) is 5. The fraction of sp³-hybridized carbons (Fsp3) is 0.433. The summed E-state index contributed by atoms with van der Waals surface area (Å²) in [6.07, 6.45) is 2.80. The van der Waals surface area contributed by atoms with Crippen LogP contribution >= 0.6 is 11.6 Å². The molecule has 1 aromatic heterocycles. The number of hydrogen-bond acceptors (Lipinski definition) is 5. The van der Waals surface area contributed by atoms with Gasteiger partial charge in [0.2, 0.25) is 0 Å². The van der Waals surface area contributed by atoms with E-state index in [0.717, 1.165) is 37.4 Å². The normalized spacial score (nSPS) is 15.6. The minimum Gasteiger partial charge on any atom is -0.338 e. The zero-order valence-corrected chi connectivity index (χ0v) is 24.8. The molecule has 41 heavy (non-hydrogen) atoms. The number of nitrogens with one attached hydrogen (secondary N) is 2. The minimum atomic E-state index is -0.645. The van der Waals surface area contributed by atoms with Crippen molar-refractivity contribution in [1.82, 2.24) is 24.9 Å². The zero-order valence-electron chi connectivity index (χ0n) is 24.0. The molecule has 0 radical (unpaired) electrons. The Morgan fingerprint density at radius 1 is 1.10 bits per heavy atom. The van der Waals surface area contributed by atoms with Gasteiger partial charge in [0.25, 0.3) is 5.91 Å². The lowest BCUT2D eigenvalue weighted by molar-refractivity contribution is 0.0981. The van der Waals surface area contributed by atoms with Crippen LogP contribution in [-0.4, -0.2) is 64.2 Å². The average molecular weight is 582 g/mol. The maximum absolute atomic E-state index is 15.3. The van der Waals surface area contributed by atoms with E-state index in [9.17, 15) is 9.59 Å². The molecule has 0 bridgehead atoms. The van der Waals surface area contributed by atoms with Crippen LogP contribution in [-0.2, 0) is 20.1 Å². The molecule has 3 heterocycles. The monoisotopic (exact) mass is 581 g/mol. The van der Waals surface area contributed by atoms with E-state index in [4.69, 9.17) is 11.6 Å². The number of urea groups is 1. The molecule has 0 unspecified atom stereocenters. The molecule has 2 N–H and O–H groups in total. The van der Waals surface area contributed by atoms with E-state index in [1.54, 1.807) is 47.1 Å². The summed E-state index contributed by atoms with van der Waals surface area (Å²) in [5.41, 5.74) is 2.82. The van der Waals surface area contributed by atoms with Crippen LogP contribution in [0.25, 0.3) is 0 Å². The number of amides is 3. The number of carbonyl (C=O) groups is 2. The molecule has 1 fully saturated rings. The predicted molar refractivity (Wildman–Crippen MR) is 159 cm³/mol. The Kier molecular flexibility index (Phi) is 8.24. The standard InChI is InChI=1S/C30H37ClFN7O2/c1-30(2,3)9-10-37-11-13-38(14-12-37)29(41)33-17-20-5-7-23(24(32)15-20)28(40)39-19-21-18-34-36(4)27(21)35-25-16-22(31)6-8-26(25)39/h5-8,15-16,18,35H,9-14,17,19H2,1-4H3,(H,33,41). The van der Waals surface area contributed by atoms with Crippen LogP contribution in [0.15, 0.2) is 42.6 Å². The molecule has 3 amide bonds. The Labute approximate surface area is 245 Å². The highest BCUT2D eigenvalue weighted by Gasteiger charge is 2.29. The number of carbonyl (C=O) groups excluding carboxylic acids is 2. The van der Waals surface area contributed by atoms with Crippen molar-refractivity contribution in [2.45, 2.75) is 40.3 Å². The van der Waals surface area contributed by atoms with Crippen LogP contribution in [0.3, 0.4) is 0 Å². The SMILES string of the molecule is Cn1ncc2c1Nc1cc(Cl)ccc1N(C(=O)c1ccc(CNC(=O)N3CCN(CCC(C)(C)C)CC3)cc1F)C2. The topological polar surface area (TPSA) is 85.7 Å². The van der Waals surface area contributed by atoms with Gasteiger partial charge >= 0.3 is 6.03 Å². The second-order valence-corrected chi connectivity index (χ2v) is 12.4. The van der Waals surface area contributed by atoms with Crippen molar-refractivity contribution in [1.29, 1.82) is 0 Å². The molecule has 2 aliphatic heterocycles. The minimum absolute atomic E-state index is 0.0558. The fourth-order valence-corrected chi connectivity index (χ4v) is 5.29. The quantitative estimate of drug-likeness (QED) is 0.423. The van der Waals surface area contributed by atoms with Crippen molar-refractivity contribution in [3.63, 3.8) is 0 Å². The van der Waals surface area contributed by atoms with Crippen LogP contribution in [0.1, 0.15) is 48.7 Å². The van der Waals surface area contributed by atoms with E-state index in [-0.39, 0.29) is 30.1 Å². The molecule has 0 spiro atoms. The first kappa shape index (κ1) is 28.9. The summed E-state index contributed by atoms with van der Waals surface area (Å²) in [7, 11) is 1.80. The Morgan fingerprint density at radius 2 is 1.85 bits per heavy atom. The van der Waals surface area contributed by atoms with Crippen molar-refractivity contribution in [2.75, 3.05) is 42.9 Å². The second kappa shape index (κ2) is 11.7. The molecule has 1 saturated heterocycles. The van der Waals surface area contributed by atoms with E-state index in [1.165, 1.54) is 17.0 Å². The van der Waals surface area contributed by atoms with E-state index in [1.807, 2.05) is 0 Å². The summed E-state index contributed by atoms with van der Waals surface area (Å²) in [4.78, 5) is 32.1. The van der Waals surface area contributed by atoms with Gasteiger partial charge < -0.3 is 20.4 Å². The first-order chi connectivity index (χ1) is 19.5. The van der Waals surface area contributed by atoms with Crippen molar-refractivity contribution >= 4 is 40.7 Å². The average Bonchev–Trinajstić information content (AvgIpc) is 3.18. The fourth-order valence-electron chi connectivity index (χ4n) is 5.11. The first-order valence-corrected chi connectivity index (χ1v) is 14.3. The highest BCUT2D eigenvalue weighted by atomic mass is 35.5. The van der Waals surface area contributed by atoms with Crippen LogP contribution in [0, 0.1) is 11.2 Å². The van der Waals surface area contributed by atoms with Gasteiger partial charge in [0, 0.05) is 50.4 Å². The largest absolute Gasteiger partial charge is 0.338 e. The number of halogens is 2. The zero-order chi connectivity index (χ0) is 29.3. The molecule has 0 saturated carbocycles.